The Labute approximate surface area is 240 Å². The highest BCUT2D eigenvalue weighted by Crippen LogP contribution is 2.35. The van der Waals surface area contributed by atoms with Crippen molar-refractivity contribution in [1.82, 2.24) is 14.7 Å². The Morgan fingerprint density at radius 1 is 1.22 bits per heavy atom. The van der Waals surface area contributed by atoms with E-state index >= 15 is 0 Å². The van der Waals surface area contributed by atoms with Crippen molar-refractivity contribution in [1.29, 1.82) is 0 Å². The maximum absolute atomic E-state index is 13.7. The minimum Gasteiger partial charge on any atom is -0.430 e. The quantitative estimate of drug-likeness (QED) is 0.143. The summed E-state index contributed by atoms with van der Waals surface area (Å²) in [5.74, 6) is 0.665. The smallest absolute Gasteiger partial charge is 0.430 e. The van der Waals surface area contributed by atoms with Crippen molar-refractivity contribution in [3.8, 4) is 0 Å². The molecule has 0 saturated carbocycles. The summed E-state index contributed by atoms with van der Waals surface area (Å²) >= 11 is 0. The molecule has 1 fully saturated rings. The normalized spacial score (nSPS) is 20.5. The molecule has 0 atom stereocenters. The molecule has 1 saturated heterocycles. The van der Waals surface area contributed by atoms with Gasteiger partial charge >= 0.3 is 6.16 Å². The van der Waals surface area contributed by atoms with Gasteiger partial charge in [-0.25, -0.2) is 14.2 Å². The molecule has 5 rings (SSSR count). The van der Waals surface area contributed by atoms with Crippen molar-refractivity contribution in [2.45, 2.75) is 71.3 Å². The van der Waals surface area contributed by atoms with Gasteiger partial charge in [0.2, 0.25) is 6.73 Å². The molecule has 1 aromatic carbocycles. The number of rotatable bonds is 9. The van der Waals surface area contributed by atoms with Crippen LogP contribution in [0.2, 0.25) is 0 Å². The van der Waals surface area contributed by atoms with Crippen LogP contribution in [0.5, 0.6) is 0 Å². The zero-order valence-corrected chi connectivity index (χ0v) is 24.4. The van der Waals surface area contributed by atoms with Gasteiger partial charge < -0.3 is 21.4 Å². The average molecular weight is 569 g/mol. The maximum atomic E-state index is 13.7. The fraction of sp³-hybridized carbons (Fsp3) is 0.516. The first-order valence-electron chi connectivity index (χ1n) is 14.3. The molecule has 0 radical (unpaired) electrons. The summed E-state index contributed by atoms with van der Waals surface area (Å²) < 4.78 is 32.2. The first kappa shape index (κ1) is 30.4. The Morgan fingerprint density at radius 2 is 2.02 bits per heavy atom. The summed E-state index contributed by atoms with van der Waals surface area (Å²) in [5, 5.41) is 5.10. The minimum atomic E-state index is -0.698. The van der Waals surface area contributed by atoms with Gasteiger partial charge in [0.25, 0.3) is 5.56 Å². The summed E-state index contributed by atoms with van der Waals surface area (Å²) in [6.45, 7) is 7.06. The first-order chi connectivity index (χ1) is 19.4. The van der Waals surface area contributed by atoms with Gasteiger partial charge in [0.05, 0.1) is 25.3 Å². The van der Waals surface area contributed by atoms with Crippen LogP contribution >= 0.6 is 0 Å². The Kier molecular flexibility index (Phi) is 9.96. The van der Waals surface area contributed by atoms with Gasteiger partial charge in [0.1, 0.15) is 18.2 Å². The molecule has 9 nitrogen and oxygen atoms in total. The van der Waals surface area contributed by atoms with Crippen LogP contribution < -0.4 is 5.56 Å². The maximum Gasteiger partial charge on any atom is 0.512 e. The molecule has 0 amide bonds. The van der Waals surface area contributed by atoms with Gasteiger partial charge in [-0.2, -0.15) is 0 Å². The molecular weight excluding hydrogens is 527 g/mol. The predicted molar refractivity (Wildman–Crippen MR) is 154 cm³/mol. The fourth-order valence-corrected chi connectivity index (χ4v) is 5.98. The fourth-order valence-electron chi connectivity index (χ4n) is 5.98. The molecule has 0 spiro atoms. The SMILES string of the molecule is CC/C=C\COC(=O)OC[N+]1(CCc2c(C)nc3n(c2=O)CCCC3)CCC(c2noc3cc(F)ccc23)CC1.[CH3-]. The Balaban J connectivity index is 0.00000387. The van der Waals surface area contributed by atoms with Crippen molar-refractivity contribution in [2.75, 3.05) is 33.0 Å². The second-order valence-corrected chi connectivity index (χ2v) is 11.0. The standard InChI is InChI=1S/C30H38FN4O5.CH3/c1-3-4-7-18-38-30(37)39-20-35(17-13-24-21(2)32-27-8-5-6-14-34(27)29(24)36)15-11-22(12-16-35)28-25-10-9-23(31)19-26(25)40-33-28;/h4,7,9-10,19,22H,3,5-6,8,11-18,20H2,1-2H3;1H3/q+1;-1/b7-4-;. The lowest BCUT2D eigenvalue weighted by Gasteiger charge is -2.42. The highest BCUT2D eigenvalue weighted by Gasteiger charge is 2.38. The van der Waals surface area contributed by atoms with E-state index in [1.807, 2.05) is 24.5 Å². The summed E-state index contributed by atoms with van der Waals surface area (Å²) in [7, 11) is 0. The summed E-state index contributed by atoms with van der Waals surface area (Å²) in [6, 6.07) is 4.51. The monoisotopic (exact) mass is 568 g/mol. The van der Waals surface area contributed by atoms with Crippen molar-refractivity contribution < 1.29 is 27.7 Å². The van der Waals surface area contributed by atoms with Crippen molar-refractivity contribution in [2.24, 2.45) is 0 Å². The first-order valence-corrected chi connectivity index (χ1v) is 14.3. The number of carbonyl (C=O) groups is 1. The van der Waals surface area contributed by atoms with Crippen LogP contribution in [0.25, 0.3) is 11.0 Å². The van der Waals surface area contributed by atoms with E-state index in [-0.39, 0.29) is 38.1 Å². The number of hydrogen-bond donors (Lipinski definition) is 0. The van der Waals surface area contributed by atoms with Gasteiger partial charge in [-0.3, -0.25) is 13.8 Å². The lowest BCUT2D eigenvalue weighted by atomic mass is 9.90. The molecule has 0 unspecified atom stereocenters. The van der Waals surface area contributed by atoms with E-state index in [0.29, 0.717) is 29.6 Å². The van der Waals surface area contributed by atoms with E-state index in [4.69, 9.17) is 19.0 Å². The number of hydrogen-bond acceptors (Lipinski definition) is 7. The molecule has 0 N–H and O–H groups in total. The van der Waals surface area contributed by atoms with Crippen molar-refractivity contribution >= 4 is 17.1 Å². The minimum absolute atomic E-state index is 0. The molecule has 4 heterocycles. The molecule has 0 aliphatic carbocycles. The highest BCUT2D eigenvalue weighted by atomic mass is 19.1. The Hall–Kier alpha value is -3.53. The number of carbonyl (C=O) groups excluding carboxylic acids is 1. The molecular formula is C31H41FN4O5. The van der Waals surface area contributed by atoms with E-state index in [1.54, 1.807) is 12.1 Å². The zero-order chi connectivity index (χ0) is 28.1. The van der Waals surface area contributed by atoms with Crippen molar-refractivity contribution in [3.05, 3.63) is 76.7 Å². The zero-order valence-electron chi connectivity index (χ0n) is 24.4. The Bertz CT molecular complexity index is 1440. The third-order valence-corrected chi connectivity index (χ3v) is 8.33. The second-order valence-electron chi connectivity index (χ2n) is 11.0. The largest absolute Gasteiger partial charge is 0.512 e. The van der Waals surface area contributed by atoms with Crippen LogP contribution in [0.1, 0.15) is 67.7 Å². The molecule has 3 aromatic rings. The number of quaternary nitrogens is 1. The van der Waals surface area contributed by atoms with E-state index < -0.39 is 6.16 Å². The second kappa shape index (κ2) is 13.4. The van der Waals surface area contributed by atoms with Gasteiger partial charge in [-0.1, -0.05) is 24.2 Å². The number of halogens is 1. The van der Waals surface area contributed by atoms with Crippen LogP contribution in [0, 0.1) is 20.2 Å². The Morgan fingerprint density at radius 3 is 2.80 bits per heavy atom. The molecule has 2 aromatic heterocycles. The van der Waals surface area contributed by atoms with Gasteiger partial charge in [0.15, 0.2) is 5.58 Å². The number of ether oxygens (including phenoxy) is 2. The number of aromatic nitrogens is 3. The third kappa shape index (κ3) is 6.86. The predicted octanol–water partition coefficient (Wildman–Crippen LogP) is 5.63. The number of piperidine rings is 1. The van der Waals surface area contributed by atoms with E-state index in [1.165, 1.54) is 12.1 Å². The van der Waals surface area contributed by atoms with E-state index in [9.17, 15) is 14.0 Å². The van der Waals surface area contributed by atoms with Crippen LogP contribution in [0.3, 0.4) is 0 Å². The van der Waals surface area contributed by atoms with Crippen LogP contribution in [0.15, 0.2) is 39.7 Å². The number of allylic oxidation sites excluding steroid dienone is 1. The van der Waals surface area contributed by atoms with Crippen molar-refractivity contribution in [3.63, 3.8) is 0 Å². The molecule has 41 heavy (non-hydrogen) atoms. The molecule has 2 aliphatic heterocycles. The third-order valence-electron chi connectivity index (χ3n) is 8.33. The van der Waals surface area contributed by atoms with Crippen LogP contribution in [-0.2, 0) is 28.9 Å². The molecule has 2 aliphatic rings. The number of fused-ring (bicyclic) bond motifs is 2. The average Bonchev–Trinajstić information content (AvgIpc) is 3.37. The molecule has 0 bridgehead atoms. The van der Waals surface area contributed by atoms with Crippen LogP contribution in [-0.4, -0.2) is 58.3 Å². The lowest BCUT2D eigenvalue weighted by Crippen LogP contribution is -2.55. The van der Waals surface area contributed by atoms with Gasteiger partial charge in [-0.15, -0.1) is 0 Å². The topological polar surface area (TPSA) is 96.5 Å². The number of benzene rings is 1. The van der Waals surface area contributed by atoms with Crippen LogP contribution in [0.4, 0.5) is 9.18 Å². The van der Waals surface area contributed by atoms with Gasteiger partial charge in [-0.05, 0) is 38.3 Å². The van der Waals surface area contributed by atoms with E-state index in [0.717, 1.165) is 79.8 Å². The molecule has 10 heteroatoms. The van der Waals surface area contributed by atoms with E-state index in [2.05, 4.69) is 5.16 Å². The summed E-state index contributed by atoms with van der Waals surface area (Å²) in [5.41, 5.74) is 2.86. The summed E-state index contributed by atoms with van der Waals surface area (Å²) in [4.78, 5) is 30.5. The van der Waals surface area contributed by atoms with Gasteiger partial charge in [0, 0.05) is 60.9 Å². The molecule has 222 valence electrons. The summed E-state index contributed by atoms with van der Waals surface area (Å²) in [6.07, 6.45) is 8.91. The number of nitrogens with zero attached hydrogens (tertiary/aromatic N) is 4. The number of likely N-dealkylation sites (tertiary alicyclic amines) is 1. The highest BCUT2D eigenvalue weighted by molar-refractivity contribution is 5.79. The number of aryl methyl sites for hydroxylation is 2. The lowest BCUT2D eigenvalue weighted by molar-refractivity contribution is -0.948.